The zero-order valence-electron chi connectivity index (χ0n) is 13.6. The second-order valence-corrected chi connectivity index (χ2v) is 6.90. The zero-order chi connectivity index (χ0) is 16.6. The van der Waals surface area contributed by atoms with Gasteiger partial charge in [-0.15, -0.1) is 16.9 Å². The monoisotopic (exact) mass is 349 g/mol. The van der Waals surface area contributed by atoms with E-state index < -0.39 is 0 Å². The van der Waals surface area contributed by atoms with Crippen molar-refractivity contribution in [2.75, 3.05) is 18.8 Å². The molecule has 0 spiro atoms. The first-order valence-corrected chi connectivity index (χ1v) is 9.32. The zero-order valence-corrected chi connectivity index (χ0v) is 14.4. The number of rotatable bonds is 7. The average Bonchev–Trinajstić information content (AvgIpc) is 3.30. The van der Waals surface area contributed by atoms with Crippen molar-refractivity contribution in [3.05, 3.63) is 24.7 Å². The van der Waals surface area contributed by atoms with Crippen LogP contribution in [0.15, 0.2) is 29.7 Å². The molecule has 9 heteroatoms. The maximum absolute atomic E-state index is 12.5. The summed E-state index contributed by atoms with van der Waals surface area (Å²) in [5, 5.41) is 18.4. The van der Waals surface area contributed by atoms with Crippen molar-refractivity contribution in [3.63, 3.8) is 0 Å². The van der Waals surface area contributed by atoms with Crippen LogP contribution >= 0.6 is 11.8 Å². The minimum Gasteiger partial charge on any atom is -0.337 e. The summed E-state index contributed by atoms with van der Waals surface area (Å²) in [7, 11) is 0. The molecule has 2 N–H and O–H groups in total. The smallest absolute Gasteiger partial charge is 0.317 e. The molecular weight excluding hydrogens is 326 g/mol. The van der Waals surface area contributed by atoms with E-state index in [0.29, 0.717) is 12.6 Å². The van der Waals surface area contributed by atoms with Gasteiger partial charge >= 0.3 is 6.03 Å². The lowest BCUT2D eigenvalue weighted by molar-refractivity contribution is 0.144. The number of piperidine rings is 1. The summed E-state index contributed by atoms with van der Waals surface area (Å²) in [5.74, 6) is 0.782. The molecule has 0 radical (unpaired) electrons. The van der Waals surface area contributed by atoms with Crippen molar-refractivity contribution in [2.45, 2.75) is 43.3 Å². The summed E-state index contributed by atoms with van der Waals surface area (Å²) in [6.45, 7) is 2.31. The number of aromatic amines is 1. The van der Waals surface area contributed by atoms with Gasteiger partial charge in [0.15, 0.2) is 0 Å². The summed E-state index contributed by atoms with van der Waals surface area (Å²) in [4.78, 5) is 14.5. The van der Waals surface area contributed by atoms with E-state index in [0.717, 1.165) is 43.1 Å². The van der Waals surface area contributed by atoms with Gasteiger partial charge in [0.25, 0.3) is 0 Å². The van der Waals surface area contributed by atoms with E-state index in [4.69, 9.17) is 0 Å². The van der Waals surface area contributed by atoms with E-state index in [9.17, 15) is 4.79 Å². The second kappa shape index (κ2) is 8.72. The van der Waals surface area contributed by atoms with Gasteiger partial charge in [0.2, 0.25) is 0 Å². The molecule has 3 heterocycles. The Kier molecular flexibility index (Phi) is 6.11. The fourth-order valence-electron chi connectivity index (χ4n) is 2.96. The number of amides is 2. The molecule has 1 aliphatic heterocycles. The van der Waals surface area contributed by atoms with E-state index >= 15 is 0 Å². The lowest BCUT2D eigenvalue weighted by Crippen LogP contribution is -2.49. The van der Waals surface area contributed by atoms with Crippen molar-refractivity contribution < 1.29 is 4.79 Å². The molecule has 130 valence electrons. The summed E-state index contributed by atoms with van der Waals surface area (Å²) in [6, 6.07) is 2.27. The number of thioether (sulfide) groups is 1. The predicted molar refractivity (Wildman–Crippen MR) is 91.7 cm³/mol. The second-order valence-electron chi connectivity index (χ2n) is 5.79. The Morgan fingerprint density at radius 1 is 1.46 bits per heavy atom. The Labute approximate surface area is 145 Å². The van der Waals surface area contributed by atoms with E-state index in [1.807, 2.05) is 21.8 Å². The highest BCUT2D eigenvalue weighted by Gasteiger charge is 2.26. The van der Waals surface area contributed by atoms with Gasteiger partial charge in [0, 0.05) is 43.8 Å². The molecule has 1 fully saturated rings. The third kappa shape index (κ3) is 4.73. The van der Waals surface area contributed by atoms with Crippen LogP contribution in [0, 0.1) is 0 Å². The largest absolute Gasteiger partial charge is 0.337 e. The SMILES string of the molecule is O=C(NCCSc1cn[nH]n1)N1CCCC[C@@H]1CCn1cccn1. The molecule has 2 amide bonds. The third-order valence-electron chi connectivity index (χ3n) is 4.16. The Balaban J connectivity index is 1.42. The molecule has 2 aromatic heterocycles. The van der Waals surface area contributed by atoms with Crippen molar-refractivity contribution in [2.24, 2.45) is 0 Å². The Morgan fingerprint density at radius 2 is 2.42 bits per heavy atom. The molecule has 0 unspecified atom stereocenters. The molecule has 0 saturated carbocycles. The van der Waals surface area contributed by atoms with Gasteiger partial charge in [-0.2, -0.15) is 15.4 Å². The highest BCUT2D eigenvalue weighted by molar-refractivity contribution is 7.99. The fraction of sp³-hybridized carbons (Fsp3) is 0.600. The molecule has 24 heavy (non-hydrogen) atoms. The molecular formula is C15H23N7OS. The predicted octanol–water partition coefficient (Wildman–Crippen LogP) is 1.75. The number of aromatic nitrogens is 5. The number of hydrogen-bond acceptors (Lipinski definition) is 5. The molecule has 1 saturated heterocycles. The van der Waals surface area contributed by atoms with Crippen LogP contribution in [-0.4, -0.2) is 61.0 Å². The number of H-pyrrole nitrogens is 1. The lowest BCUT2D eigenvalue weighted by Gasteiger charge is -2.35. The third-order valence-corrected chi connectivity index (χ3v) is 5.06. The first kappa shape index (κ1) is 16.8. The number of hydrogen-bond donors (Lipinski definition) is 2. The summed E-state index contributed by atoms with van der Waals surface area (Å²) >= 11 is 1.58. The topological polar surface area (TPSA) is 91.7 Å². The van der Waals surface area contributed by atoms with Gasteiger partial charge in [-0.25, -0.2) is 4.79 Å². The standard InChI is InChI=1S/C15H23N7OS/c23-15(16-7-11-24-14-12-17-20-19-14)22-9-2-1-4-13(22)5-10-21-8-3-6-18-21/h3,6,8,12-13H,1-2,4-5,7,9-11H2,(H,16,23)(H,17,19,20)/t13-/m1/s1. The summed E-state index contributed by atoms with van der Waals surface area (Å²) in [6.07, 6.45) is 9.73. The Bertz CT molecular complexity index is 601. The molecule has 0 aromatic carbocycles. The van der Waals surface area contributed by atoms with Crippen LogP contribution < -0.4 is 5.32 Å². The van der Waals surface area contributed by atoms with Gasteiger partial charge in [-0.3, -0.25) is 4.68 Å². The number of aryl methyl sites for hydroxylation is 1. The van der Waals surface area contributed by atoms with Crippen LogP contribution in [0.5, 0.6) is 0 Å². The van der Waals surface area contributed by atoms with Crippen molar-refractivity contribution in [3.8, 4) is 0 Å². The molecule has 2 aromatic rings. The van der Waals surface area contributed by atoms with Gasteiger partial charge in [-0.05, 0) is 31.7 Å². The van der Waals surface area contributed by atoms with Crippen molar-refractivity contribution in [1.29, 1.82) is 0 Å². The first-order chi connectivity index (χ1) is 11.8. The molecule has 8 nitrogen and oxygen atoms in total. The molecule has 0 bridgehead atoms. The molecule has 1 aliphatic rings. The number of urea groups is 1. The van der Waals surface area contributed by atoms with Gasteiger partial charge in [-0.1, -0.05) is 0 Å². The van der Waals surface area contributed by atoms with Crippen LogP contribution in [0.25, 0.3) is 0 Å². The highest BCUT2D eigenvalue weighted by Crippen LogP contribution is 2.20. The quantitative estimate of drug-likeness (QED) is 0.587. The summed E-state index contributed by atoms with van der Waals surface area (Å²) < 4.78 is 1.93. The Hall–Kier alpha value is -2.03. The molecule has 1 atom stereocenters. The van der Waals surface area contributed by atoms with Crippen LogP contribution in [-0.2, 0) is 6.54 Å². The molecule has 0 aliphatic carbocycles. The average molecular weight is 349 g/mol. The normalized spacial score (nSPS) is 17.8. The number of carbonyl (C=O) groups excluding carboxylic acids is 1. The number of carbonyl (C=O) groups is 1. The van der Waals surface area contributed by atoms with Crippen LogP contribution in [0.4, 0.5) is 4.79 Å². The fourth-order valence-corrected chi connectivity index (χ4v) is 3.60. The minimum absolute atomic E-state index is 0.0425. The first-order valence-electron chi connectivity index (χ1n) is 8.33. The van der Waals surface area contributed by atoms with Gasteiger partial charge in [0.1, 0.15) is 5.03 Å². The van der Waals surface area contributed by atoms with Gasteiger partial charge < -0.3 is 10.2 Å². The lowest BCUT2D eigenvalue weighted by atomic mass is 10.00. The van der Waals surface area contributed by atoms with E-state index in [2.05, 4.69) is 25.8 Å². The number of nitrogens with one attached hydrogen (secondary N) is 2. The minimum atomic E-state index is 0.0425. The summed E-state index contributed by atoms with van der Waals surface area (Å²) in [5.41, 5.74) is 0. The van der Waals surface area contributed by atoms with E-state index in [1.165, 1.54) is 6.42 Å². The van der Waals surface area contributed by atoms with Crippen LogP contribution in [0.1, 0.15) is 25.7 Å². The number of nitrogens with zero attached hydrogens (tertiary/aromatic N) is 5. The maximum Gasteiger partial charge on any atom is 0.317 e. The number of likely N-dealkylation sites (tertiary alicyclic amines) is 1. The molecule has 3 rings (SSSR count). The highest BCUT2D eigenvalue weighted by atomic mass is 32.2. The van der Waals surface area contributed by atoms with E-state index in [1.54, 1.807) is 24.2 Å². The van der Waals surface area contributed by atoms with Gasteiger partial charge in [0.05, 0.1) is 6.20 Å². The van der Waals surface area contributed by atoms with E-state index in [-0.39, 0.29) is 6.03 Å². The van der Waals surface area contributed by atoms with Crippen molar-refractivity contribution >= 4 is 17.8 Å². The maximum atomic E-state index is 12.5. The van der Waals surface area contributed by atoms with Crippen LogP contribution in [0.2, 0.25) is 0 Å². The van der Waals surface area contributed by atoms with Crippen LogP contribution in [0.3, 0.4) is 0 Å². The Morgan fingerprint density at radius 3 is 3.21 bits per heavy atom. The van der Waals surface area contributed by atoms with Crippen molar-refractivity contribution in [1.82, 2.24) is 35.4 Å².